The second-order valence-corrected chi connectivity index (χ2v) is 7.96. The average molecular weight is 358 g/mol. The third-order valence-corrected chi connectivity index (χ3v) is 6.36. The maximum Gasteiger partial charge on any atom is 0.246 e. The standard InChI is InChI=1S/C15H19FN2O3S2/c1-2-11-22-12-15(19)17-7-9-18(10-8-17)23(20,21)14-6-4-3-5-13(14)16/h2-6H,1,7-12H2. The first kappa shape index (κ1) is 18.0. The van der Waals surface area contributed by atoms with E-state index in [2.05, 4.69) is 6.58 Å². The van der Waals surface area contributed by atoms with E-state index in [0.29, 0.717) is 24.6 Å². The largest absolute Gasteiger partial charge is 0.339 e. The minimum absolute atomic E-state index is 0.0141. The zero-order valence-electron chi connectivity index (χ0n) is 12.7. The molecule has 1 fully saturated rings. The highest BCUT2D eigenvalue weighted by atomic mass is 32.2. The molecular weight excluding hydrogens is 339 g/mol. The fourth-order valence-corrected chi connectivity index (χ4v) is 4.42. The van der Waals surface area contributed by atoms with Crippen molar-refractivity contribution in [2.75, 3.05) is 37.7 Å². The Labute approximate surface area is 140 Å². The van der Waals surface area contributed by atoms with Crippen LogP contribution >= 0.6 is 11.8 Å². The van der Waals surface area contributed by atoms with E-state index in [9.17, 15) is 17.6 Å². The summed E-state index contributed by atoms with van der Waals surface area (Å²) in [4.78, 5) is 13.3. The number of halogens is 1. The molecule has 0 radical (unpaired) electrons. The van der Waals surface area contributed by atoms with E-state index < -0.39 is 15.8 Å². The first-order valence-corrected chi connectivity index (χ1v) is 9.77. The number of hydrogen-bond acceptors (Lipinski definition) is 4. The molecule has 1 heterocycles. The van der Waals surface area contributed by atoms with Gasteiger partial charge in [-0.25, -0.2) is 12.8 Å². The molecule has 1 aliphatic heterocycles. The van der Waals surface area contributed by atoms with Gasteiger partial charge < -0.3 is 4.90 Å². The van der Waals surface area contributed by atoms with Gasteiger partial charge in [-0.15, -0.1) is 18.3 Å². The number of nitrogens with zero attached hydrogens (tertiary/aromatic N) is 2. The van der Waals surface area contributed by atoms with Crippen molar-refractivity contribution in [2.24, 2.45) is 0 Å². The Morgan fingerprint density at radius 2 is 1.91 bits per heavy atom. The van der Waals surface area contributed by atoms with E-state index in [1.165, 1.54) is 34.3 Å². The van der Waals surface area contributed by atoms with E-state index in [0.717, 1.165) is 6.07 Å². The van der Waals surface area contributed by atoms with Gasteiger partial charge in [0.25, 0.3) is 0 Å². The van der Waals surface area contributed by atoms with Crippen molar-refractivity contribution in [3.8, 4) is 0 Å². The lowest BCUT2D eigenvalue weighted by Gasteiger charge is -2.34. The minimum Gasteiger partial charge on any atom is -0.339 e. The molecular formula is C15H19FN2O3S2. The molecule has 0 N–H and O–H groups in total. The Kier molecular flexibility index (Phi) is 6.20. The second-order valence-electron chi connectivity index (χ2n) is 5.02. The number of amides is 1. The zero-order valence-corrected chi connectivity index (χ0v) is 14.3. The molecule has 0 bridgehead atoms. The lowest BCUT2D eigenvalue weighted by molar-refractivity contribution is -0.129. The molecule has 2 rings (SSSR count). The molecule has 0 unspecified atom stereocenters. The van der Waals surface area contributed by atoms with E-state index in [1.807, 2.05) is 0 Å². The van der Waals surface area contributed by atoms with Gasteiger partial charge in [-0.05, 0) is 12.1 Å². The highest BCUT2D eigenvalue weighted by Gasteiger charge is 2.31. The molecule has 1 amide bonds. The van der Waals surface area contributed by atoms with Gasteiger partial charge in [0, 0.05) is 31.9 Å². The summed E-state index contributed by atoms with van der Waals surface area (Å²) in [5, 5.41) is 0. The summed E-state index contributed by atoms with van der Waals surface area (Å²) in [7, 11) is -3.86. The fourth-order valence-electron chi connectivity index (χ4n) is 2.29. The summed E-state index contributed by atoms with van der Waals surface area (Å²) in [6, 6.07) is 5.33. The summed E-state index contributed by atoms with van der Waals surface area (Å²) in [5.41, 5.74) is 0. The Bertz CT molecular complexity index is 671. The molecule has 1 saturated heterocycles. The normalized spacial score (nSPS) is 16.3. The minimum atomic E-state index is -3.86. The fraction of sp³-hybridized carbons (Fsp3) is 0.400. The van der Waals surface area contributed by atoms with Crippen LogP contribution in [0.25, 0.3) is 0 Å². The number of hydrogen-bond donors (Lipinski definition) is 0. The van der Waals surface area contributed by atoms with Crippen LogP contribution in [-0.4, -0.2) is 61.2 Å². The summed E-state index contributed by atoms with van der Waals surface area (Å²) in [5.74, 6) is 0.283. The number of benzene rings is 1. The van der Waals surface area contributed by atoms with Crippen molar-refractivity contribution < 1.29 is 17.6 Å². The van der Waals surface area contributed by atoms with Gasteiger partial charge in [0.15, 0.2) is 0 Å². The van der Waals surface area contributed by atoms with E-state index in [4.69, 9.17) is 0 Å². The quantitative estimate of drug-likeness (QED) is 0.572. The zero-order chi connectivity index (χ0) is 16.9. The lowest BCUT2D eigenvalue weighted by atomic mass is 10.3. The van der Waals surface area contributed by atoms with Crippen molar-refractivity contribution >= 4 is 27.7 Å². The third-order valence-electron chi connectivity index (χ3n) is 3.51. The van der Waals surface area contributed by atoms with Crippen LogP contribution in [0.2, 0.25) is 0 Å². The molecule has 1 aromatic carbocycles. The van der Waals surface area contributed by atoms with Crippen molar-refractivity contribution in [1.29, 1.82) is 0 Å². The van der Waals surface area contributed by atoms with E-state index in [-0.39, 0.29) is 23.9 Å². The monoisotopic (exact) mass is 358 g/mol. The summed E-state index contributed by atoms with van der Waals surface area (Å²) >= 11 is 1.47. The van der Waals surface area contributed by atoms with Crippen LogP contribution in [0, 0.1) is 5.82 Å². The predicted octanol–water partition coefficient (Wildman–Crippen LogP) is 1.58. The van der Waals surface area contributed by atoms with Crippen molar-refractivity contribution in [2.45, 2.75) is 4.90 Å². The van der Waals surface area contributed by atoms with Crippen LogP contribution < -0.4 is 0 Å². The number of carbonyl (C=O) groups excluding carboxylic acids is 1. The molecule has 23 heavy (non-hydrogen) atoms. The summed E-state index contributed by atoms with van der Waals surface area (Å²) in [6.07, 6.45) is 1.73. The molecule has 0 aromatic heterocycles. The predicted molar refractivity (Wildman–Crippen MR) is 89.3 cm³/mol. The Morgan fingerprint density at radius 3 is 2.52 bits per heavy atom. The molecule has 8 heteroatoms. The maximum absolute atomic E-state index is 13.7. The van der Waals surface area contributed by atoms with Crippen molar-refractivity contribution in [3.63, 3.8) is 0 Å². The van der Waals surface area contributed by atoms with E-state index >= 15 is 0 Å². The molecule has 0 spiro atoms. The molecule has 0 atom stereocenters. The van der Waals surface area contributed by atoms with Crippen LogP contribution in [0.4, 0.5) is 4.39 Å². The van der Waals surface area contributed by atoms with Crippen LogP contribution in [-0.2, 0) is 14.8 Å². The Morgan fingerprint density at radius 1 is 1.26 bits per heavy atom. The second kappa shape index (κ2) is 7.94. The number of sulfonamides is 1. The van der Waals surface area contributed by atoms with Gasteiger partial charge in [-0.1, -0.05) is 18.2 Å². The van der Waals surface area contributed by atoms with Gasteiger partial charge >= 0.3 is 0 Å². The van der Waals surface area contributed by atoms with Gasteiger partial charge in [0.05, 0.1) is 5.75 Å². The lowest BCUT2D eigenvalue weighted by Crippen LogP contribution is -2.51. The molecule has 0 aliphatic carbocycles. The highest BCUT2D eigenvalue weighted by Crippen LogP contribution is 2.20. The molecule has 1 aliphatic rings. The van der Waals surface area contributed by atoms with Gasteiger partial charge in [0.1, 0.15) is 10.7 Å². The van der Waals surface area contributed by atoms with Crippen LogP contribution in [0.5, 0.6) is 0 Å². The number of carbonyl (C=O) groups is 1. The van der Waals surface area contributed by atoms with Crippen molar-refractivity contribution in [3.05, 3.63) is 42.7 Å². The highest BCUT2D eigenvalue weighted by molar-refractivity contribution is 8.00. The first-order chi connectivity index (χ1) is 11.0. The van der Waals surface area contributed by atoms with Gasteiger partial charge in [-0.2, -0.15) is 4.31 Å². The van der Waals surface area contributed by atoms with Crippen molar-refractivity contribution in [1.82, 2.24) is 9.21 Å². The average Bonchev–Trinajstić information content (AvgIpc) is 2.55. The molecule has 5 nitrogen and oxygen atoms in total. The van der Waals surface area contributed by atoms with Gasteiger partial charge in [-0.3, -0.25) is 4.79 Å². The topological polar surface area (TPSA) is 57.7 Å². The Hall–Kier alpha value is -1.38. The van der Waals surface area contributed by atoms with Gasteiger partial charge in [0.2, 0.25) is 15.9 Å². The summed E-state index contributed by atoms with van der Waals surface area (Å²) < 4.78 is 39.9. The van der Waals surface area contributed by atoms with Crippen LogP contribution in [0.3, 0.4) is 0 Å². The summed E-state index contributed by atoms with van der Waals surface area (Å²) in [6.45, 7) is 4.58. The Balaban J connectivity index is 1.97. The van der Waals surface area contributed by atoms with E-state index in [1.54, 1.807) is 11.0 Å². The molecule has 0 saturated carbocycles. The first-order valence-electron chi connectivity index (χ1n) is 7.18. The third kappa shape index (κ3) is 4.33. The maximum atomic E-state index is 13.7. The van der Waals surface area contributed by atoms with Crippen LogP contribution in [0.15, 0.2) is 41.8 Å². The smallest absolute Gasteiger partial charge is 0.246 e. The number of rotatable bonds is 6. The molecule has 1 aromatic rings. The number of piperazine rings is 1. The van der Waals surface area contributed by atoms with Crippen LogP contribution in [0.1, 0.15) is 0 Å². The SMILES string of the molecule is C=CCSCC(=O)N1CCN(S(=O)(=O)c2ccccc2F)CC1. The molecule has 126 valence electrons. The number of thioether (sulfide) groups is 1.